The number of carbonyl (C=O) groups excluding carboxylic acids is 2. The quantitative estimate of drug-likeness (QED) is 0.589. The zero-order valence-electron chi connectivity index (χ0n) is 13.7. The molecule has 0 aliphatic heterocycles. The minimum atomic E-state index is -0.366. The Hall–Kier alpha value is -2.14. The van der Waals surface area contributed by atoms with Crippen molar-refractivity contribution in [1.29, 1.82) is 0 Å². The summed E-state index contributed by atoms with van der Waals surface area (Å²) in [6.07, 6.45) is 5.81. The second-order valence-corrected chi connectivity index (χ2v) is 5.60. The van der Waals surface area contributed by atoms with Crippen molar-refractivity contribution in [2.24, 2.45) is 0 Å². The predicted octanol–water partition coefficient (Wildman–Crippen LogP) is 2.09. The number of methoxy groups -OCH3 is 1. The maximum absolute atomic E-state index is 11.8. The van der Waals surface area contributed by atoms with Crippen LogP contribution < -0.4 is 5.32 Å². The summed E-state index contributed by atoms with van der Waals surface area (Å²) in [6, 6.07) is 7.64. The normalized spacial score (nSPS) is 14.2. The third-order valence-corrected chi connectivity index (χ3v) is 3.93. The fourth-order valence-corrected chi connectivity index (χ4v) is 2.44. The summed E-state index contributed by atoms with van der Waals surface area (Å²) in [5.74, 6) is -0.469. The van der Waals surface area contributed by atoms with Gasteiger partial charge in [-0.25, -0.2) is 4.79 Å². The average molecular weight is 316 g/mol. The zero-order valence-corrected chi connectivity index (χ0v) is 13.7. The highest BCUT2D eigenvalue weighted by Gasteiger charge is 2.27. The summed E-state index contributed by atoms with van der Waals surface area (Å²) < 4.78 is 4.64. The van der Waals surface area contributed by atoms with Crippen molar-refractivity contribution < 1.29 is 14.3 Å². The summed E-state index contributed by atoms with van der Waals surface area (Å²) in [5.41, 5.74) is 1.36. The van der Waals surface area contributed by atoms with Crippen LogP contribution in [0.5, 0.6) is 0 Å². The topological polar surface area (TPSA) is 58.6 Å². The molecule has 1 saturated carbocycles. The van der Waals surface area contributed by atoms with Crippen LogP contribution in [0.1, 0.15) is 35.7 Å². The van der Waals surface area contributed by atoms with E-state index in [1.165, 1.54) is 26.0 Å². The Morgan fingerprint density at radius 2 is 2.00 bits per heavy atom. The first-order chi connectivity index (χ1) is 11.1. The van der Waals surface area contributed by atoms with Crippen molar-refractivity contribution >= 4 is 18.0 Å². The molecule has 0 unspecified atom stereocenters. The van der Waals surface area contributed by atoms with Crippen LogP contribution in [-0.2, 0) is 9.53 Å². The van der Waals surface area contributed by atoms with Crippen LogP contribution in [0.25, 0.3) is 6.08 Å². The lowest BCUT2D eigenvalue weighted by Gasteiger charge is -2.19. The summed E-state index contributed by atoms with van der Waals surface area (Å²) in [6.45, 7) is 4.74. The SMILES string of the molecule is CCN(CCNC(=O)/C=C/c1ccc(C(=O)OC)cc1)C1CC1. The minimum Gasteiger partial charge on any atom is -0.465 e. The van der Waals surface area contributed by atoms with Crippen molar-refractivity contribution in [1.82, 2.24) is 10.2 Å². The second-order valence-electron chi connectivity index (χ2n) is 5.60. The molecule has 0 spiro atoms. The van der Waals surface area contributed by atoms with E-state index < -0.39 is 0 Å². The molecule has 0 saturated heterocycles. The number of amides is 1. The fourth-order valence-electron chi connectivity index (χ4n) is 2.44. The van der Waals surface area contributed by atoms with Gasteiger partial charge in [0.1, 0.15) is 0 Å². The lowest BCUT2D eigenvalue weighted by atomic mass is 10.1. The Morgan fingerprint density at radius 3 is 2.57 bits per heavy atom. The first-order valence-corrected chi connectivity index (χ1v) is 8.02. The standard InChI is InChI=1S/C18H24N2O3/c1-3-20(16-9-10-16)13-12-19-17(21)11-6-14-4-7-15(8-5-14)18(22)23-2/h4-8,11,16H,3,9-10,12-13H2,1-2H3,(H,19,21)/b11-6+. The van der Waals surface area contributed by atoms with E-state index in [-0.39, 0.29) is 11.9 Å². The molecule has 1 aromatic carbocycles. The van der Waals surface area contributed by atoms with E-state index in [9.17, 15) is 9.59 Å². The summed E-state index contributed by atoms with van der Waals surface area (Å²) in [7, 11) is 1.35. The smallest absolute Gasteiger partial charge is 0.337 e. The molecule has 124 valence electrons. The number of hydrogen-bond donors (Lipinski definition) is 1. The number of rotatable bonds is 8. The van der Waals surface area contributed by atoms with Crippen LogP contribution in [-0.4, -0.2) is 49.6 Å². The van der Waals surface area contributed by atoms with Gasteiger partial charge in [-0.2, -0.15) is 0 Å². The lowest BCUT2D eigenvalue weighted by Crippen LogP contribution is -2.35. The van der Waals surface area contributed by atoms with Gasteiger partial charge in [0.15, 0.2) is 0 Å². The van der Waals surface area contributed by atoms with Crippen molar-refractivity contribution in [2.45, 2.75) is 25.8 Å². The first kappa shape index (κ1) is 17.2. The monoisotopic (exact) mass is 316 g/mol. The van der Waals surface area contributed by atoms with Crippen LogP contribution in [0, 0.1) is 0 Å². The van der Waals surface area contributed by atoms with Crippen molar-refractivity contribution in [3.05, 3.63) is 41.5 Å². The number of esters is 1. The molecule has 2 rings (SSSR count). The molecule has 1 amide bonds. The molecule has 1 aliphatic rings. The van der Waals surface area contributed by atoms with Gasteiger partial charge in [0.05, 0.1) is 12.7 Å². The highest BCUT2D eigenvalue weighted by Crippen LogP contribution is 2.25. The van der Waals surface area contributed by atoms with Crippen molar-refractivity contribution in [2.75, 3.05) is 26.7 Å². The van der Waals surface area contributed by atoms with Gasteiger partial charge in [-0.1, -0.05) is 19.1 Å². The van der Waals surface area contributed by atoms with Gasteiger partial charge >= 0.3 is 5.97 Å². The van der Waals surface area contributed by atoms with Gasteiger partial charge in [-0.05, 0) is 43.2 Å². The van der Waals surface area contributed by atoms with Gasteiger partial charge in [0, 0.05) is 25.2 Å². The highest BCUT2D eigenvalue weighted by atomic mass is 16.5. The summed E-state index contributed by atoms with van der Waals surface area (Å²) >= 11 is 0. The number of hydrogen-bond acceptors (Lipinski definition) is 4. The molecular formula is C18H24N2O3. The fraction of sp³-hybridized carbons (Fsp3) is 0.444. The Morgan fingerprint density at radius 1 is 1.30 bits per heavy atom. The van der Waals surface area contributed by atoms with Crippen molar-refractivity contribution in [3.8, 4) is 0 Å². The van der Waals surface area contributed by atoms with Crippen LogP contribution in [0.3, 0.4) is 0 Å². The van der Waals surface area contributed by atoms with Gasteiger partial charge in [-0.3, -0.25) is 9.69 Å². The molecule has 1 aromatic rings. The van der Waals surface area contributed by atoms with Crippen LogP contribution in [0.15, 0.2) is 30.3 Å². The average Bonchev–Trinajstić information content (AvgIpc) is 3.41. The first-order valence-electron chi connectivity index (χ1n) is 8.02. The van der Waals surface area contributed by atoms with Gasteiger partial charge < -0.3 is 10.1 Å². The number of benzene rings is 1. The highest BCUT2D eigenvalue weighted by molar-refractivity contribution is 5.92. The molecule has 0 atom stereocenters. The molecule has 0 radical (unpaired) electrons. The zero-order chi connectivity index (χ0) is 16.7. The number of nitrogens with one attached hydrogen (secondary N) is 1. The molecule has 5 heteroatoms. The van der Waals surface area contributed by atoms with Gasteiger partial charge in [-0.15, -0.1) is 0 Å². The molecule has 1 aliphatic carbocycles. The van der Waals surface area contributed by atoms with Gasteiger partial charge in [0.2, 0.25) is 5.91 Å². The van der Waals surface area contributed by atoms with E-state index in [0.717, 1.165) is 24.7 Å². The van der Waals surface area contributed by atoms with E-state index in [4.69, 9.17) is 0 Å². The number of ether oxygens (including phenoxy) is 1. The molecule has 23 heavy (non-hydrogen) atoms. The number of nitrogens with zero attached hydrogens (tertiary/aromatic N) is 1. The number of likely N-dealkylation sites (N-methyl/N-ethyl adjacent to an activating group) is 1. The van der Waals surface area contributed by atoms with Crippen LogP contribution in [0.2, 0.25) is 0 Å². The lowest BCUT2D eigenvalue weighted by molar-refractivity contribution is -0.116. The second kappa shape index (κ2) is 8.48. The van der Waals surface area contributed by atoms with E-state index in [1.807, 2.05) is 0 Å². The van der Waals surface area contributed by atoms with E-state index in [0.29, 0.717) is 12.1 Å². The number of carbonyl (C=O) groups is 2. The van der Waals surface area contributed by atoms with E-state index in [1.54, 1.807) is 30.3 Å². The Balaban J connectivity index is 1.75. The molecule has 0 bridgehead atoms. The molecule has 5 nitrogen and oxygen atoms in total. The molecular weight excluding hydrogens is 292 g/mol. The molecule has 1 N–H and O–H groups in total. The minimum absolute atomic E-state index is 0.103. The molecule has 1 fully saturated rings. The van der Waals surface area contributed by atoms with E-state index in [2.05, 4.69) is 21.9 Å². The van der Waals surface area contributed by atoms with Crippen LogP contribution >= 0.6 is 0 Å². The van der Waals surface area contributed by atoms with E-state index >= 15 is 0 Å². The maximum atomic E-state index is 11.8. The van der Waals surface area contributed by atoms with Crippen LogP contribution in [0.4, 0.5) is 0 Å². The predicted molar refractivity (Wildman–Crippen MR) is 90.1 cm³/mol. The van der Waals surface area contributed by atoms with Crippen molar-refractivity contribution in [3.63, 3.8) is 0 Å². The largest absolute Gasteiger partial charge is 0.465 e. The van der Waals surface area contributed by atoms with Gasteiger partial charge in [0.25, 0.3) is 0 Å². The Bertz CT molecular complexity index is 562. The maximum Gasteiger partial charge on any atom is 0.337 e. The summed E-state index contributed by atoms with van der Waals surface area (Å²) in [5, 5.41) is 2.90. The third-order valence-electron chi connectivity index (χ3n) is 3.93. The molecule has 0 aromatic heterocycles. The molecule has 0 heterocycles. The Kier molecular flexibility index (Phi) is 6.35. The summed E-state index contributed by atoms with van der Waals surface area (Å²) in [4.78, 5) is 25.5. The third kappa shape index (κ3) is 5.53. The Labute approximate surface area is 137 Å².